The summed E-state index contributed by atoms with van der Waals surface area (Å²) < 4.78 is 19.6. The van der Waals surface area contributed by atoms with Gasteiger partial charge in [-0.1, -0.05) is 12.2 Å². The minimum atomic E-state index is -1.12. The summed E-state index contributed by atoms with van der Waals surface area (Å²) in [5.41, 5.74) is 0.869. The van der Waals surface area contributed by atoms with Gasteiger partial charge in [0.05, 0.1) is 12.1 Å². The van der Waals surface area contributed by atoms with Gasteiger partial charge in [0, 0.05) is 12.2 Å². The van der Waals surface area contributed by atoms with E-state index in [4.69, 9.17) is 4.74 Å². The molecule has 0 saturated carbocycles. The van der Waals surface area contributed by atoms with Gasteiger partial charge in [-0.15, -0.1) is 0 Å². The molecular weight excluding hydrogens is 235 g/mol. The number of hydrogen-bond acceptors (Lipinski definition) is 3. The fraction of sp³-hybridized carbons (Fsp3) is 0.615. The molecule has 3 unspecified atom stereocenters. The van der Waals surface area contributed by atoms with Gasteiger partial charge in [-0.3, -0.25) is 4.79 Å². The van der Waals surface area contributed by atoms with Crippen molar-refractivity contribution in [2.45, 2.75) is 44.8 Å². The Balaban J connectivity index is 2.03. The Labute approximate surface area is 106 Å². The predicted molar refractivity (Wildman–Crippen MR) is 66.4 cm³/mol. The highest BCUT2D eigenvalue weighted by molar-refractivity contribution is 5.48. The molecule has 1 heterocycles. The molecule has 1 aliphatic heterocycles. The SMILES string of the molecule is CC1CN(C2=CC[C@@H](NC=O)C=C2)C(F)C(C)O1. The molecule has 5 heteroatoms. The number of allylic oxidation sites excluding steroid dienone is 1. The molecule has 4 nitrogen and oxygen atoms in total. The molecule has 0 radical (unpaired) electrons. The first-order chi connectivity index (χ1) is 8.61. The smallest absolute Gasteiger partial charge is 0.207 e. The molecule has 4 atom stereocenters. The summed E-state index contributed by atoms with van der Waals surface area (Å²) in [4.78, 5) is 12.1. The normalized spacial score (nSPS) is 36.2. The first kappa shape index (κ1) is 13.1. The van der Waals surface area contributed by atoms with Gasteiger partial charge in [0.25, 0.3) is 0 Å². The van der Waals surface area contributed by atoms with Gasteiger partial charge in [0.1, 0.15) is 6.10 Å². The number of nitrogens with one attached hydrogen (secondary N) is 1. The third-order valence-electron chi connectivity index (χ3n) is 3.28. The molecule has 2 aliphatic rings. The number of halogens is 1. The van der Waals surface area contributed by atoms with Crippen molar-refractivity contribution < 1.29 is 13.9 Å². The Morgan fingerprint density at radius 2 is 2.33 bits per heavy atom. The maximum Gasteiger partial charge on any atom is 0.207 e. The summed E-state index contributed by atoms with van der Waals surface area (Å²) in [6, 6.07) is 0.0141. The van der Waals surface area contributed by atoms with Crippen LogP contribution in [-0.4, -0.2) is 42.4 Å². The van der Waals surface area contributed by atoms with Crippen LogP contribution in [0, 0.1) is 0 Å². The number of carbonyl (C=O) groups excluding carboxylic acids is 1. The molecule has 1 amide bonds. The van der Waals surface area contributed by atoms with Crippen LogP contribution in [0.3, 0.4) is 0 Å². The number of rotatable bonds is 3. The second-order valence-corrected chi connectivity index (χ2v) is 4.79. The predicted octanol–water partition coefficient (Wildman–Crippen LogP) is 1.35. The van der Waals surface area contributed by atoms with Crippen LogP contribution in [0.4, 0.5) is 4.39 Å². The van der Waals surface area contributed by atoms with Crippen molar-refractivity contribution in [3.05, 3.63) is 23.9 Å². The summed E-state index contributed by atoms with van der Waals surface area (Å²) in [6.07, 6.45) is 5.57. The standard InChI is InChI=1S/C13H19FN2O2/c1-9-7-16(13(14)10(2)18-9)12-5-3-11(4-6-12)15-8-17/h3,5-6,8-11,13H,4,7H2,1-2H3,(H,15,17)/t9?,10?,11-,13?/m0/s1. The first-order valence-corrected chi connectivity index (χ1v) is 6.26. The molecule has 2 rings (SSSR count). The first-order valence-electron chi connectivity index (χ1n) is 6.26. The third kappa shape index (κ3) is 2.72. The Hall–Kier alpha value is -1.36. The molecule has 0 spiro atoms. The molecule has 100 valence electrons. The summed E-state index contributed by atoms with van der Waals surface area (Å²) in [7, 11) is 0. The van der Waals surface area contributed by atoms with Gasteiger partial charge < -0.3 is 15.0 Å². The molecule has 18 heavy (non-hydrogen) atoms. The van der Waals surface area contributed by atoms with E-state index in [0.717, 1.165) is 5.70 Å². The van der Waals surface area contributed by atoms with E-state index in [1.54, 1.807) is 11.8 Å². The minimum absolute atomic E-state index is 0.0141. The zero-order valence-electron chi connectivity index (χ0n) is 10.7. The fourth-order valence-electron chi connectivity index (χ4n) is 2.39. The van der Waals surface area contributed by atoms with Crippen LogP contribution in [0.5, 0.6) is 0 Å². The third-order valence-corrected chi connectivity index (χ3v) is 3.28. The number of ether oxygens (including phenoxy) is 1. The average Bonchev–Trinajstić information content (AvgIpc) is 2.35. The largest absolute Gasteiger partial charge is 0.369 e. The maximum absolute atomic E-state index is 14.1. The lowest BCUT2D eigenvalue weighted by molar-refractivity contribution is -0.132. The summed E-state index contributed by atoms with van der Waals surface area (Å²) in [5.74, 6) is 0. The van der Waals surface area contributed by atoms with Gasteiger partial charge in [0.2, 0.25) is 6.41 Å². The van der Waals surface area contributed by atoms with Crippen LogP contribution in [0.25, 0.3) is 0 Å². The zero-order valence-corrected chi connectivity index (χ0v) is 10.7. The van der Waals surface area contributed by atoms with E-state index in [2.05, 4.69) is 5.32 Å². The van der Waals surface area contributed by atoms with Crippen molar-refractivity contribution in [2.75, 3.05) is 6.54 Å². The van der Waals surface area contributed by atoms with Gasteiger partial charge in [0.15, 0.2) is 6.30 Å². The highest BCUT2D eigenvalue weighted by Crippen LogP contribution is 2.26. The molecule has 1 N–H and O–H groups in total. The van der Waals surface area contributed by atoms with E-state index >= 15 is 0 Å². The minimum Gasteiger partial charge on any atom is -0.369 e. The number of nitrogens with zero attached hydrogens (tertiary/aromatic N) is 1. The van der Waals surface area contributed by atoms with Gasteiger partial charge in [-0.2, -0.15) is 0 Å². The van der Waals surface area contributed by atoms with Gasteiger partial charge in [-0.25, -0.2) is 4.39 Å². The number of amides is 1. The van der Waals surface area contributed by atoms with Crippen molar-refractivity contribution in [2.24, 2.45) is 0 Å². The second-order valence-electron chi connectivity index (χ2n) is 4.79. The van der Waals surface area contributed by atoms with Crippen LogP contribution >= 0.6 is 0 Å². The molecule has 1 saturated heterocycles. The van der Waals surface area contributed by atoms with E-state index in [-0.39, 0.29) is 12.1 Å². The Morgan fingerprint density at radius 1 is 1.56 bits per heavy atom. The monoisotopic (exact) mass is 254 g/mol. The quantitative estimate of drug-likeness (QED) is 0.610. The van der Waals surface area contributed by atoms with E-state index in [0.29, 0.717) is 19.4 Å². The lowest BCUT2D eigenvalue weighted by atomic mass is 10.0. The number of hydrogen-bond donors (Lipinski definition) is 1. The van der Waals surface area contributed by atoms with Crippen molar-refractivity contribution in [3.8, 4) is 0 Å². The molecule has 0 bridgehead atoms. The lowest BCUT2D eigenvalue weighted by Gasteiger charge is -2.41. The molecule has 0 aromatic carbocycles. The van der Waals surface area contributed by atoms with Crippen LogP contribution in [0.15, 0.2) is 23.9 Å². The highest BCUT2D eigenvalue weighted by Gasteiger charge is 2.33. The van der Waals surface area contributed by atoms with Gasteiger partial charge >= 0.3 is 0 Å². The highest BCUT2D eigenvalue weighted by atomic mass is 19.1. The van der Waals surface area contributed by atoms with Crippen LogP contribution in [0.2, 0.25) is 0 Å². The lowest BCUT2D eigenvalue weighted by Crippen LogP contribution is -2.50. The molecule has 0 aromatic rings. The van der Waals surface area contributed by atoms with Crippen LogP contribution in [-0.2, 0) is 9.53 Å². The van der Waals surface area contributed by atoms with Crippen LogP contribution in [0.1, 0.15) is 20.3 Å². The zero-order chi connectivity index (χ0) is 13.1. The number of carbonyl (C=O) groups is 1. The van der Waals surface area contributed by atoms with Crippen molar-refractivity contribution in [3.63, 3.8) is 0 Å². The van der Waals surface area contributed by atoms with E-state index < -0.39 is 12.4 Å². The van der Waals surface area contributed by atoms with Crippen molar-refractivity contribution in [1.29, 1.82) is 0 Å². The van der Waals surface area contributed by atoms with Crippen molar-refractivity contribution in [1.82, 2.24) is 10.2 Å². The average molecular weight is 254 g/mol. The topological polar surface area (TPSA) is 41.6 Å². The number of alkyl halides is 1. The van der Waals surface area contributed by atoms with Crippen molar-refractivity contribution >= 4 is 6.41 Å². The Bertz CT molecular complexity index is 370. The second kappa shape index (κ2) is 5.52. The van der Waals surface area contributed by atoms with E-state index in [9.17, 15) is 9.18 Å². The molecule has 1 aliphatic carbocycles. The van der Waals surface area contributed by atoms with Gasteiger partial charge in [-0.05, 0) is 26.3 Å². The summed E-state index contributed by atoms with van der Waals surface area (Å²) >= 11 is 0. The molecular formula is C13H19FN2O2. The van der Waals surface area contributed by atoms with E-state index in [1.807, 2.05) is 25.2 Å². The van der Waals surface area contributed by atoms with Crippen LogP contribution < -0.4 is 5.32 Å². The molecule has 1 fully saturated rings. The maximum atomic E-state index is 14.1. The van der Waals surface area contributed by atoms with E-state index in [1.165, 1.54) is 0 Å². The summed E-state index contributed by atoms with van der Waals surface area (Å²) in [6.45, 7) is 4.24. The number of morpholine rings is 1. The summed E-state index contributed by atoms with van der Waals surface area (Å²) in [5, 5.41) is 2.69. The Kier molecular flexibility index (Phi) is 4.01. The molecule has 0 aromatic heterocycles. The fourth-order valence-corrected chi connectivity index (χ4v) is 2.39. The Morgan fingerprint density at radius 3 is 2.94 bits per heavy atom.